The third kappa shape index (κ3) is 2.34. The molecule has 2 rings (SSSR count). The standard InChI is InChI=1S/C13H16N2/c1-2-7-14-9-11-4-3-5-12-10-15-8-6-13(11)12/h3-6,8,10,14H,2,7,9H2,1H3. The molecule has 0 aliphatic carbocycles. The molecule has 2 heteroatoms. The molecule has 1 N–H and O–H groups in total. The van der Waals surface area contributed by atoms with Gasteiger partial charge in [-0.05, 0) is 30.0 Å². The summed E-state index contributed by atoms with van der Waals surface area (Å²) < 4.78 is 0. The van der Waals surface area contributed by atoms with E-state index in [9.17, 15) is 0 Å². The van der Waals surface area contributed by atoms with Crippen molar-refractivity contribution in [3.05, 3.63) is 42.2 Å². The maximum Gasteiger partial charge on any atom is 0.0346 e. The predicted molar refractivity (Wildman–Crippen MR) is 63.7 cm³/mol. The highest BCUT2D eigenvalue weighted by Crippen LogP contribution is 2.16. The molecule has 0 bridgehead atoms. The van der Waals surface area contributed by atoms with Crippen molar-refractivity contribution in [3.63, 3.8) is 0 Å². The van der Waals surface area contributed by atoms with Crippen LogP contribution < -0.4 is 5.32 Å². The summed E-state index contributed by atoms with van der Waals surface area (Å²) in [5.74, 6) is 0. The molecule has 0 atom stereocenters. The van der Waals surface area contributed by atoms with E-state index in [0.29, 0.717) is 0 Å². The molecule has 78 valence electrons. The van der Waals surface area contributed by atoms with Gasteiger partial charge in [-0.3, -0.25) is 4.98 Å². The maximum absolute atomic E-state index is 4.13. The van der Waals surface area contributed by atoms with Gasteiger partial charge in [0.15, 0.2) is 0 Å². The average molecular weight is 200 g/mol. The van der Waals surface area contributed by atoms with E-state index >= 15 is 0 Å². The molecule has 1 heterocycles. The Hall–Kier alpha value is -1.41. The second kappa shape index (κ2) is 4.89. The van der Waals surface area contributed by atoms with Crippen LogP contribution in [0.3, 0.4) is 0 Å². The summed E-state index contributed by atoms with van der Waals surface area (Å²) in [6.45, 7) is 4.19. The number of aromatic nitrogens is 1. The van der Waals surface area contributed by atoms with Crippen LogP contribution >= 0.6 is 0 Å². The first-order chi connectivity index (χ1) is 7.42. The van der Waals surface area contributed by atoms with E-state index in [0.717, 1.165) is 13.1 Å². The van der Waals surface area contributed by atoms with Gasteiger partial charge < -0.3 is 5.32 Å². The van der Waals surface area contributed by atoms with Gasteiger partial charge in [-0.1, -0.05) is 25.1 Å². The monoisotopic (exact) mass is 200 g/mol. The van der Waals surface area contributed by atoms with Crippen LogP contribution in [0.25, 0.3) is 10.8 Å². The number of hydrogen-bond donors (Lipinski definition) is 1. The first-order valence-corrected chi connectivity index (χ1v) is 5.44. The summed E-state index contributed by atoms with van der Waals surface area (Å²) in [6, 6.07) is 8.45. The van der Waals surface area contributed by atoms with Gasteiger partial charge in [0.05, 0.1) is 0 Å². The van der Waals surface area contributed by atoms with E-state index in [1.54, 1.807) is 0 Å². The highest BCUT2D eigenvalue weighted by molar-refractivity contribution is 5.84. The number of nitrogens with zero attached hydrogens (tertiary/aromatic N) is 1. The van der Waals surface area contributed by atoms with Gasteiger partial charge in [0, 0.05) is 24.3 Å². The predicted octanol–water partition coefficient (Wildman–Crippen LogP) is 2.73. The Morgan fingerprint density at radius 1 is 1.27 bits per heavy atom. The quantitative estimate of drug-likeness (QED) is 0.768. The molecule has 15 heavy (non-hydrogen) atoms. The molecule has 2 aromatic rings. The molecule has 1 aromatic carbocycles. The highest BCUT2D eigenvalue weighted by atomic mass is 14.8. The molecule has 0 radical (unpaired) electrons. The number of hydrogen-bond acceptors (Lipinski definition) is 2. The van der Waals surface area contributed by atoms with E-state index in [1.807, 2.05) is 12.4 Å². The molecule has 2 nitrogen and oxygen atoms in total. The van der Waals surface area contributed by atoms with Crippen molar-refractivity contribution in [1.29, 1.82) is 0 Å². The zero-order valence-corrected chi connectivity index (χ0v) is 9.03. The summed E-state index contributed by atoms with van der Waals surface area (Å²) in [5, 5.41) is 5.94. The largest absolute Gasteiger partial charge is 0.313 e. The van der Waals surface area contributed by atoms with Gasteiger partial charge in [-0.15, -0.1) is 0 Å². The van der Waals surface area contributed by atoms with Gasteiger partial charge >= 0.3 is 0 Å². The van der Waals surface area contributed by atoms with Crippen molar-refractivity contribution >= 4 is 10.8 Å². The Morgan fingerprint density at radius 3 is 3.07 bits per heavy atom. The number of rotatable bonds is 4. The highest BCUT2D eigenvalue weighted by Gasteiger charge is 1.98. The minimum Gasteiger partial charge on any atom is -0.313 e. The number of nitrogens with one attached hydrogen (secondary N) is 1. The van der Waals surface area contributed by atoms with Crippen LogP contribution in [-0.2, 0) is 6.54 Å². The zero-order valence-electron chi connectivity index (χ0n) is 9.03. The fraction of sp³-hybridized carbons (Fsp3) is 0.308. The molecule has 0 saturated heterocycles. The van der Waals surface area contributed by atoms with Gasteiger partial charge in [0.2, 0.25) is 0 Å². The van der Waals surface area contributed by atoms with Crippen LogP contribution in [0.1, 0.15) is 18.9 Å². The molecule has 0 saturated carbocycles. The third-order valence-corrected chi connectivity index (χ3v) is 2.51. The van der Waals surface area contributed by atoms with E-state index in [1.165, 1.54) is 22.8 Å². The lowest BCUT2D eigenvalue weighted by molar-refractivity contribution is 0.678. The van der Waals surface area contributed by atoms with Crippen LogP contribution in [0.4, 0.5) is 0 Å². The fourth-order valence-corrected chi connectivity index (χ4v) is 1.74. The first-order valence-electron chi connectivity index (χ1n) is 5.44. The molecule has 0 spiro atoms. The third-order valence-electron chi connectivity index (χ3n) is 2.51. The Labute approximate surface area is 90.3 Å². The van der Waals surface area contributed by atoms with Crippen LogP contribution in [0.15, 0.2) is 36.7 Å². The van der Waals surface area contributed by atoms with Crippen molar-refractivity contribution < 1.29 is 0 Å². The van der Waals surface area contributed by atoms with Crippen LogP contribution in [-0.4, -0.2) is 11.5 Å². The minimum absolute atomic E-state index is 0.940. The van der Waals surface area contributed by atoms with Gasteiger partial charge in [0.1, 0.15) is 0 Å². The summed E-state index contributed by atoms with van der Waals surface area (Å²) >= 11 is 0. The van der Waals surface area contributed by atoms with Gasteiger partial charge in [0.25, 0.3) is 0 Å². The van der Waals surface area contributed by atoms with Crippen LogP contribution in [0.2, 0.25) is 0 Å². The number of fused-ring (bicyclic) bond motifs is 1. The lowest BCUT2D eigenvalue weighted by atomic mass is 10.1. The van der Waals surface area contributed by atoms with Crippen molar-refractivity contribution in [2.24, 2.45) is 0 Å². The second-order valence-electron chi connectivity index (χ2n) is 3.69. The molecular weight excluding hydrogens is 184 g/mol. The van der Waals surface area contributed by atoms with Gasteiger partial charge in [-0.2, -0.15) is 0 Å². The Bertz CT molecular complexity index is 432. The van der Waals surface area contributed by atoms with Crippen molar-refractivity contribution in [2.45, 2.75) is 19.9 Å². The Balaban J connectivity index is 2.26. The van der Waals surface area contributed by atoms with Crippen molar-refractivity contribution in [1.82, 2.24) is 10.3 Å². The smallest absolute Gasteiger partial charge is 0.0346 e. The SMILES string of the molecule is CCCNCc1cccc2cnccc12. The molecule has 0 aliphatic rings. The molecule has 1 aromatic heterocycles. The molecular formula is C13H16N2. The van der Waals surface area contributed by atoms with E-state index in [2.05, 4.69) is 41.5 Å². The lowest BCUT2D eigenvalue weighted by Gasteiger charge is -2.06. The topological polar surface area (TPSA) is 24.9 Å². The van der Waals surface area contributed by atoms with Crippen LogP contribution in [0.5, 0.6) is 0 Å². The second-order valence-corrected chi connectivity index (χ2v) is 3.69. The Morgan fingerprint density at radius 2 is 2.20 bits per heavy atom. The summed E-state index contributed by atoms with van der Waals surface area (Å²) in [4.78, 5) is 4.13. The summed E-state index contributed by atoms with van der Waals surface area (Å²) in [7, 11) is 0. The average Bonchev–Trinajstić information content (AvgIpc) is 2.30. The molecule has 0 fully saturated rings. The zero-order chi connectivity index (χ0) is 10.5. The summed E-state index contributed by atoms with van der Waals surface area (Å²) in [5.41, 5.74) is 1.35. The normalized spacial score (nSPS) is 10.7. The van der Waals surface area contributed by atoms with E-state index in [4.69, 9.17) is 0 Å². The maximum atomic E-state index is 4.13. The fourth-order valence-electron chi connectivity index (χ4n) is 1.74. The lowest BCUT2D eigenvalue weighted by Crippen LogP contribution is -2.13. The van der Waals surface area contributed by atoms with E-state index < -0.39 is 0 Å². The molecule has 0 amide bonds. The minimum atomic E-state index is 0.940. The van der Waals surface area contributed by atoms with Crippen LogP contribution in [0, 0.1) is 0 Å². The molecule has 0 unspecified atom stereocenters. The van der Waals surface area contributed by atoms with Gasteiger partial charge in [-0.25, -0.2) is 0 Å². The number of benzene rings is 1. The Kier molecular flexibility index (Phi) is 3.30. The summed E-state index contributed by atoms with van der Waals surface area (Å²) in [6.07, 6.45) is 4.94. The van der Waals surface area contributed by atoms with E-state index in [-0.39, 0.29) is 0 Å². The van der Waals surface area contributed by atoms with Crippen molar-refractivity contribution in [2.75, 3.05) is 6.54 Å². The number of pyridine rings is 1. The first kappa shape index (κ1) is 10.1. The van der Waals surface area contributed by atoms with Crippen molar-refractivity contribution in [3.8, 4) is 0 Å². The molecule has 0 aliphatic heterocycles.